The summed E-state index contributed by atoms with van der Waals surface area (Å²) >= 11 is 0. The van der Waals surface area contributed by atoms with Gasteiger partial charge < -0.3 is 16.0 Å². The van der Waals surface area contributed by atoms with Crippen LogP contribution in [0.2, 0.25) is 0 Å². The first-order valence-electron chi connectivity index (χ1n) is 6.12. The lowest BCUT2D eigenvalue weighted by atomic mass is 10.2. The maximum absolute atomic E-state index is 11.6. The predicted molar refractivity (Wildman–Crippen MR) is 70.9 cm³/mol. The smallest absolute Gasteiger partial charge is 0.237 e. The van der Waals surface area contributed by atoms with Gasteiger partial charge in [-0.25, -0.2) is 4.98 Å². The van der Waals surface area contributed by atoms with E-state index in [9.17, 15) is 4.79 Å². The number of nitrogens with zero attached hydrogens (tertiary/aromatic N) is 1. The van der Waals surface area contributed by atoms with Crippen LogP contribution in [0.25, 0.3) is 11.0 Å². The molecule has 4 N–H and O–H groups in total. The van der Waals surface area contributed by atoms with Crippen molar-refractivity contribution in [3.63, 3.8) is 0 Å². The van der Waals surface area contributed by atoms with Crippen molar-refractivity contribution in [3.8, 4) is 0 Å². The Morgan fingerprint density at radius 2 is 2.22 bits per heavy atom. The fraction of sp³-hybridized carbons (Fsp3) is 0.385. The zero-order valence-corrected chi connectivity index (χ0v) is 10.6. The van der Waals surface area contributed by atoms with Crippen LogP contribution in [0.3, 0.4) is 0 Å². The summed E-state index contributed by atoms with van der Waals surface area (Å²) in [5.41, 5.74) is 7.43. The molecule has 2 atom stereocenters. The Hall–Kier alpha value is -1.88. The highest BCUT2D eigenvalue weighted by atomic mass is 16.2. The number of fused-ring (bicyclic) bond motifs is 1. The van der Waals surface area contributed by atoms with E-state index in [1.54, 1.807) is 6.92 Å². The molecule has 0 aliphatic carbocycles. The summed E-state index contributed by atoms with van der Waals surface area (Å²) < 4.78 is 0. The van der Waals surface area contributed by atoms with Crippen molar-refractivity contribution in [2.75, 3.05) is 0 Å². The number of rotatable bonds is 4. The highest BCUT2D eigenvalue weighted by molar-refractivity contribution is 5.81. The summed E-state index contributed by atoms with van der Waals surface area (Å²) in [5.74, 6) is 0.606. The van der Waals surface area contributed by atoms with Crippen LogP contribution in [0.1, 0.15) is 32.1 Å². The standard InChI is InChI=1S/C13H18N4O/c1-3-9(17-13(18)8(2)14)12-15-10-6-4-5-7-11(10)16-12/h4-9H,3,14H2,1-2H3,(H,15,16)(H,17,18)/t8-,9?/m1/s1. The van der Waals surface area contributed by atoms with Gasteiger partial charge in [0.05, 0.1) is 23.1 Å². The molecule has 0 bridgehead atoms. The number of carbonyl (C=O) groups is 1. The highest BCUT2D eigenvalue weighted by Crippen LogP contribution is 2.18. The van der Waals surface area contributed by atoms with Crippen molar-refractivity contribution in [2.24, 2.45) is 5.73 Å². The lowest BCUT2D eigenvalue weighted by Gasteiger charge is -2.16. The van der Waals surface area contributed by atoms with E-state index in [1.165, 1.54) is 0 Å². The summed E-state index contributed by atoms with van der Waals surface area (Å²) in [4.78, 5) is 19.3. The Bertz CT molecular complexity index is 514. The molecule has 0 aliphatic heterocycles. The van der Waals surface area contributed by atoms with Crippen molar-refractivity contribution in [1.82, 2.24) is 15.3 Å². The second-order valence-electron chi connectivity index (χ2n) is 4.40. The molecule has 18 heavy (non-hydrogen) atoms. The average molecular weight is 246 g/mol. The van der Waals surface area contributed by atoms with Gasteiger partial charge in [-0.2, -0.15) is 0 Å². The third-order valence-electron chi connectivity index (χ3n) is 2.88. The molecule has 5 nitrogen and oxygen atoms in total. The molecule has 0 spiro atoms. The summed E-state index contributed by atoms with van der Waals surface area (Å²) in [5, 5.41) is 2.89. The Labute approximate surface area is 106 Å². The van der Waals surface area contributed by atoms with Gasteiger partial charge in [-0.3, -0.25) is 4.79 Å². The second kappa shape index (κ2) is 5.18. The fourth-order valence-corrected chi connectivity index (χ4v) is 1.80. The first kappa shape index (κ1) is 12.6. The molecule has 1 aromatic carbocycles. The minimum Gasteiger partial charge on any atom is -0.345 e. The summed E-state index contributed by atoms with van der Waals surface area (Å²) in [7, 11) is 0. The Kier molecular flexibility index (Phi) is 3.62. The van der Waals surface area contributed by atoms with E-state index < -0.39 is 6.04 Å². The number of hydrogen-bond donors (Lipinski definition) is 3. The van der Waals surface area contributed by atoms with Crippen LogP contribution >= 0.6 is 0 Å². The zero-order valence-electron chi connectivity index (χ0n) is 10.6. The van der Waals surface area contributed by atoms with Gasteiger partial charge in [0.25, 0.3) is 0 Å². The van der Waals surface area contributed by atoms with Crippen LogP contribution in [-0.2, 0) is 4.79 Å². The van der Waals surface area contributed by atoms with Gasteiger partial charge in [-0.05, 0) is 25.5 Å². The number of carbonyl (C=O) groups excluding carboxylic acids is 1. The molecular weight excluding hydrogens is 228 g/mol. The van der Waals surface area contributed by atoms with Crippen LogP contribution in [0.15, 0.2) is 24.3 Å². The summed E-state index contributed by atoms with van der Waals surface area (Å²) in [6, 6.07) is 7.15. The Morgan fingerprint density at radius 3 is 2.83 bits per heavy atom. The zero-order chi connectivity index (χ0) is 13.1. The quantitative estimate of drug-likeness (QED) is 0.764. The average Bonchev–Trinajstić information content (AvgIpc) is 2.78. The number of imidazole rings is 1. The molecule has 5 heteroatoms. The van der Waals surface area contributed by atoms with Crippen molar-refractivity contribution in [2.45, 2.75) is 32.4 Å². The monoisotopic (exact) mass is 246 g/mol. The third-order valence-corrected chi connectivity index (χ3v) is 2.88. The number of aromatic amines is 1. The molecule has 0 saturated carbocycles. The molecule has 1 aromatic heterocycles. The molecular formula is C13H18N4O. The van der Waals surface area contributed by atoms with E-state index in [0.717, 1.165) is 23.3 Å². The van der Waals surface area contributed by atoms with E-state index in [4.69, 9.17) is 5.73 Å². The number of nitrogens with one attached hydrogen (secondary N) is 2. The van der Waals surface area contributed by atoms with Gasteiger partial charge in [0.2, 0.25) is 5.91 Å². The van der Waals surface area contributed by atoms with E-state index in [-0.39, 0.29) is 11.9 Å². The number of amides is 1. The molecule has 2 aromatic rings. The second-order valence-corrected chi connectivity index (χ2v) is 4.40. The predicted octanol–water partition coefficient (Wildman–Crippen LogP) is 1.48. The van der Waals surface area contributed by atoms with Gasteiger partial charge in [0.15, 0.2) is 0 Å². The van der Waals surface area contributed by atoms with Crippen molar-refractivity contribution in [1.29, 1.82) is 0 Å². The maximum Gasteiger partial charge on any atom is 0.237 e. The van der Waals surface area contributed by atoms with Crippen LogP contribution in [-0.4, -0.2) is 21.9 Å². The minimum absolute atomic E-state index is 0.129. The Morgan fingerprint density at radius 1 is 1.50 bits per heavy atom. The molecule has 1 amide bonds. The van der Waals surface area contributed by atoms with Crippen molar-refractivity contribution in [3.05, 3.63) is 30.1 Å². The highest BCUT2D eigenvalue weighted by Gasteiger charge is 2.18. The van der Waals surface area contributed by atoms with Crippen molar-refractivity contribution < 1.29 is 4.79 Å². The third kappa shape index (κ3) is 2.51. The van der Waals surface area contributed by atoms with E-state index in [1.807, 2.05) is 31.2 Å². The molecule has 0 radical (unpaired) electrons. The molecule has 0 aliphatic rings. The first-order chi connectivity index (χ1) is 8.61. The molecule has 1 unspecified atom stereocenters. The lowest BCUT2D eigenvalue weighted by Crippen LogP contribution is -2.40. The number of benzene rings is 1. The van der Waals surface area contributed by atoms with Crippen LogP contribution in [0, 0.1) is 0 Å². The van der Waals surface area contributed by atoms with Gasteiger partial charge in [-0.15, -0.1) is 0 Å². The van der Waals surface area contributed by atoms with E-state index >= 15 is 0 Å². The topological polar surface area (TPSA) is 83.8 Å². The number of H-pyrrole nitrogens is 1. The summed E-state index contributed by atoms with van der Waals surface area (Å²) in [6.45, 7) is 3.67. The SMILES string of the molecule is CCC(NC(=O)[C@@H](C)N)c1nc2ccccc2[nH]1. The van der Waals surface area contributed by atoms with Gasteiger partial charge >= 0.3 is 0 Å². The normalized spacial score (nSPS) is 14.4. The van der Waals surface area contributed by atoms with Crippen molar-refractivity contribution >= 4 is 16.9 Å². The number of nitrogens with two attached hydrogens (primary N) is 1. The maximum atomic E-state index is 11.6. The number of para-hydroxylation sites is 2. The molecule has 2 rings (SSSR count). The largest absolute Gasteiger partial charge is 0.345 e. The fourth-order valence-electron chi connectivity index (χ4n) is 1.80. The molecule has 1 heterocycles. The number of hydrogen-bond acceptors (Lipinski definition) is 3. The minimum atomic E-state index is -0.511. The lowest BCUT2D eigenvalue weighted by molar-refractivity contribution is -0.122. The molecule has 0 saturated heterocycles. The van der Waals surface area contributed by atoms with E-state index in [0.29, 0.717) is 0 Å². The van der Waals surface area contributed by atoms with Crippen LogP contribution in [0.4, 0.5) is 0 Å². The van der Waals surface area contributed by atoms with Gasteiger partial charge in [-0.1, -0.05) is 19.1 Å². The van der Waals surface area contributed by atoms with Gasteiger partial charge in [0, 0.05) is 0 Å². The van der Waals surface area contributed by atoms with Crippen LogP contribution < -0.4 is 11.1 Å². The molecule has 96 valence electrons. The molecule has 0 fully saturated rings. The Balaban J connectivity index is 2.24. The summed E-state index contributed by atoms with van der Waals surface area (Å²) in [6.07, 6.45) is 0.762. The van der Waals surface area contributed by atoms with E-state index in [2.05, 4.69) is 15.3 Å². The van der Waals surface area contributed by atoms with Gasteiger partial charge in [0.1, 0.15) is 5.82 Å². The van der Waals surface area contributed by atoms with Crippen LogP contribution in [0.5, 0.6) is 0 Å². The number of aromatic nitrogens is 2. The first-order valence-corrected chi connectivity index (χ1v) is 6.12.